The molecule has 1 aromatic heterocycles. The molecule has 2 rings (SSSR count). The van der Waals surface area contributed by atoms with E-state index >= 15 is 0 Å². The Labute approximate surface area is 112 Å². The van der Waals surface area contributed by atoms with Gasteiger partial charge in [0.05, 0.1) is 0 Å². The number of benzene rings is 1. The third-order valence-electron chi connectivity index (χ3n) is 3.22. The lowest BCUT2D eigenvalue weighted by Gasteiger charge is -2.12. The number of hydrogen-bond acceptors (Lipinski definition) is 3. The van der Waals surface area contributed by atoms with Crippen molar-refractivity contribution in [3.05, 3.63) is 40.8 Å². The van der Waals surface area contributed by atoms with Gasteiger partial charge in [-0.25, -0.2) is 14.4 Å². The van der Waals surface area contributed by atoms with Crippen molar-refractivity contribution in [2.24, 2.45) is 0 Å². The maximum absolute atomic E-state index is 13.3. The third kappa shape index (κ3) is 2.57. The van der Waals surface area contributed by atoms with E-state index in [0.717, 1.165) is 29.1 Å². The Hall–Kier alpha value is -1.97. The van der Waals surface area contributed by atoms with Crippen molar-refractivity contribution in [3.63, 3.8) is 0 Å². The van der Waals surface area contributed by atoms with E-state index in [2.05, 4.69) is 22.2 Å². The maximum atomic E-state index is 13.3. The van der Waals surface area contributed by atoms with Gasteiger partial charge >= 0.3 is 0 Å². The van der Waals surface area contributed by atoms with Crippen LogP contribution in [0.1, 0.15) is 23.7 Å². The van der Waals surface area contributed by atoms with Crippen LogP contribution in [0.3, 0.4) is 0 Å². The van der Waals surface area contributed by atoms with Crippen LogP contribution in [0.25, 0.3) is 11.4 Å². The SMILES string of the molecule is CCc1c(C)nc(-c2ccc(F)c(C)c2)nc1NC. The molecule has 0 spiro atoms. The standard InChI is InChI=1S/C15H18FN3/c1-5-12-10(3)18-14(19-15(12)17-4)11-6-7-13(16)9(2)8-11/h6-8H,5H2,1-4H3,(H,17,18,19). The largest absolute Gasteiger partial charge is 0.373 e. The number of anilines is 1. The molecule has 4 heteroatoms. The number of hydrogen-bond donors (Lipinski definition) is 1. The molecule has 1 N–H and O–H groups in total. The maximum Gasteiger partial charge on any atom is 0.161 e. The van der Waals surface area contributed by atoms with Crippen LogP contribution in [0.4, 0.5) is 10.2 Å². The molecule has 2 aromatic rings. The topological polar surface area (TPSA) is 37.8 Å². The summed E-state index contributed by atoms with van der Waals surface area (Å²) in [5.41, 5.74) is 3.51. The van der Waals surface area contributed by atoms with Crippen molar-refractivity contribution in [3.8, 4) is 11.4 Å². The number of nitrogens with zero attached hydrogens (tertiary/aromatic N) is 2. The zero-order valence-corrected chi connectivity index (χ0v) is 11.7. The van der Waals surface area contributed by atoms with E-state index in [1.165, 1.54) is 6.07 Å². The van der Waals surface area contributed by atoms with E-state index in [-0.39, 0.29) is 5.82 Å². The number of aryl methyl sites for hydroxylation is 2. The van der Waals surface area contributed by atoms with Gasteiger partial charge in [0, 0.05) is 23.9 Å². The highest BCUT2D eigenvalue weighted by Gasteiger charge is 2.11. The van der Waals surface area contributed by atoms with E-state index in [4.69, 9.17) is 0 Å². The summed E-state index contributed by atoms with van der Waals surface area (Å²) in [6.45, 7) is 5.79. The lowest BCUT2D eigenvalue weighted by Crippen LogP contribution is -2.05. The average Bonchev–Trinajstić information content (AvgIpc) is 2.40. The molecule has 0 saturated heterocycles. The van der Waals surface area contributed by atoms with Gasteiger partial charge in [-0.1, -0.05) is 6.92 Å². The first-order valence-corrected chi connectivity index (χ1v) is 6.38. The van der Waals surface area contributed by atoms with Crippen molar-refractivity contribution < 1.29 is 4.39 Å². The van der Waals surface area contributed by atoms with Crippen molar-refractivity contribution in [1.82, 2.24) is 9.97 Å². The highest BCUT2D eigenvalue weighted by Crippen LogP contribution is 2.23. The molecular weight excluding hydrogens is 241 g/mol. The Morgan fingerprint density at radius 3 is 2.53 bits per heavy atom. The Morgan fingerprint density at radius 2 is 1.95 bits per heavy atom. The Bertz CT molecular complexity index is 609. The van der Waals surface area contributed by atoms with Gasteiger partial charge in [-0.3, -0.25) is 0 Å². The van der Waals surface area contributed by atoms with Crippen molar-refractivity contribution in [1.29, 1.82) is 0 Å². The summed E-state index contributed by atoms with van der Waals surface area (Å²) >= 11 is 0. The summed E-state index contributed by atoms with van der Waals surface area (Å²) in [5.74, 6) is 1.26. The molecule has 19 heavy (non-hydrogen) atoms. The van der Waals surface area contributed by atoms with Gasteiger partial charge in [0.2, 0.25) is 0 Å². The number of halogens is 1. The van der Waals surface area contributed by atoms with Crippen LogP contribution in [0.5, 0.6) is 0 Å². The predicted octanol–water partition coefficient (Wildman–Crippen LogP) is 3.50. The monoisotopic (exact) mass is 259 g/mol. The fraction of sp³-hybridized carbons (Fsp3) is 0.333. The summed E-state index contributed by atoms with van der Waals surface area (Å²) in [4.78, 5) is 9.04. The molecule has 0 aliphatic carbocycles. The second-order valence-corrected chi connectivity index (χ2v) is 4.53. The molecular formula is C15H18FN3. The fourth-order valence-corrected chi connectivity index (χ4v) is 2.14. The van der Waals surface area contributed by atoms with E-state index in [1.807, 2.05) is 14.0 Å². The van der Waals surface area contributed by atoms with Crippen molar-refractivity contribution in [2.75, 3.05) is 12.4 Å². The van der Waals surface area contributed by atoms with Gasteiger partial charge in [0.1, 0.15) is 11.6 Å². The van der Waals surface area contributed by atoms with Gasteiger partial charge in [0.15, 0.2) is 5.82 Å². The van der Waals surface area contributed by atoms with Crippen molar-refractivity contribution in [2.45, 2.75) is 27.2 Å². The highest BCUT2D eigenvalue weighted by molar-refractivity contribution is 5.60. The number of rotatable bonds is 3. The average molecular weight is 259 g/mol. The third-order valence-corrected chi connectivity index (χ3v) is 3.22. The smallest absolute Gasteiger partial charge is 0.161 e. The molecule has 1 heterocycles. The van der Waals surface area contributed by atoms with Gasteiger partial charge in [0.25, 0.3) is 0 Å². The number of aromatic nitrogens is 2. The highest BCUT2D eigenvalue weighted by atomic mass is 19.1. The second kappa shape index (κ2) is 5.34. The molecule has 0 bridgehead atoms. The number of nitrogens with one attached hydrogen (secondary N) is 1. The molecule has 0 fully saturated rings. The summed E-state index contributed by atoms with van der Waals surface area (Å²) in [6.07, 6.45) is 0.880. The zero-order chi connectivity index (χ0) is 14.0. The van der Waals surface area contributed by atoms with Crippen LogP contribution in [-0.4, -0.2) is 17.0 Å². The summed E-state index contributed by atoms with van der Waals surface area (Å²) in [7, 11) is 1.85. The minimum Gasteiger partial charge on any atom is -0.373 e. The fourth-order valence-electron chi connectivity index (χ4n) is 2.14. The van der Waals surface area contributed by atoms with Gasteiger partial charge in [-0.05, 0) is 44.0 Å². The first-order chi connectivity index (χ1) is 9.06. The first-order valence-electron chi connectivity index (χ1n) is 6.38. The molecule has 0 atom stereocenters. The quantitative estimate of drug-likeness (QED) is 0.916. The molecule has 0 aliphatic rings. The lowest BCUT2D eigenvalue weighted by atomic mass is 10.1. The van der Waals surface area contributed by atoms with Crippen LogP contribution in [-0.2, 0) is 6.42 Å². The molecule has 3 nitrogen and oxygen atoms in total. The Kier molecular flexibility index (Phi) is 3.79. The lowest BCUT2D eigenvalue weighted by molar-refractivity contribution is 0.618. The van der Waals surface area contributed by atoms with E-state index < -0.39 is 0 Å². The summed E-state index contributed by atoms with van der Waals surface area (Å²) in [6, 6.07) is 4.94. The summed E-state index contributed by atoms with van der Waals surface area (Å²) in [5, 5.41) is 3.10. The zero-order valence-electron chi connectivity index (χ0n) is 11.7. The van der Waals surface area contributed by atoms with E-state index in [9.17, 15) is 4.39 Å². The second-order valence-electron chi connectivity index (χ2n) is 4.53. The predicted molar refractivity (Wildman–Crippen MR) is 75.8 cm³/mol. The van der Waals surface area contributed by atoms with E-state index in [0.29, 0.717) is 11.4 Å². The van der Waals surface area contributed by atoms with Crippen LogP contribution in [0.15, 0.2) is 18.2 Å². The van der Waals surface area contributed by atoms with Crippen LogP contribution < -0.4 is 5.32 Å². The Balaban J connectivity index is 2.56. The summed E-state index contributed by atoms with van der Waals surface area (Å²) < 4.78 is 13.3. The van der Waals surface area contributed by atoms with Crippen LogP contribution in [0.2, 0.25) is 0 Å². The normalized spacial score (nSPS) is 10.6. The minimum absolute atomic E-state index is 0.209. The Morgan fingerprint density at radius 1 is 1.21 bits per heavy atom. The van der Waals surface area contributed by atoms with Gasteiger partial charge in [-0.2, -0.15) is 0 Å². The minimum atomic E-state index is -0.209. The molecule has 100 valence electrons. The molecule has 0 unspecified atom stereocenters. The van der Waals surface area contributed by atoms with Crippen LogP contribution >= 0.6 is 0 Å². The molecule has 0 amide bonds. The molecule has 0 aliphatic heterocycles. The molecule has 0 saturated carbocycles. The molecule has 1 aromatic carbocycles. The van der Waals surface area contributed by atoms with Gasteiger partial charge in [-0.15, -0.1) is 0 Å². The molecule has 0 radical (unpaired) electrons. The van der Waals surface area contributed by atoms with Crippen molar-refractivity contribution >= 4 is 5.82 Å². The van der Waals surface area contributed by atoms with Crippen LogP contribution in [0, 0.1) is 19.7 Å². The first kappa shape index (κ1) is 13.5. The van der Waals surface area contributed by atoms with Gasteiger partial charge < -0.3 is 5.32 Å². The van der Waals surface area contributed by atoms with E-state index in [1.54, 1.807) is 19.1 Å².